The normalized spacial score (nSPS) is 19.6. The van der Waals surface area contributed by atoms with Crippen molar-refractivity contribution in [2.45, 2.75) is 159 Å². The van der Waals surface area contributed by atoms with Gasteiger partial charge in [0.25, 0.3) is 0 Å². The third-order valence-corrected chi connectivity index (χ3v) is 48.5. The summed E-state index contributed by atoms with van der Waals surface area (Å²) in [7, 11) is -10.3. The Morgan fingerprint density at radius 3 is 1.40 bits per heavy atom. The van der Waals surface area contributed by atoms with Crippen LogP contribution in [0.3, 0.4) is 0 Å². The number of benzene rings is 3. The molecular formula is C46H77GeNOSi6. The third kappa shape index (κ3) is 8.58. The molecule has 0 N–H and O–H groups in total. The van der Waals surface area contributed by atoms with Crippen LogP contribution in [-0.4, -0.2) is 67.8 Å². The number of rotatable bonds is 11. The Hall–Kier alpha value is -1.29. The van der Waals surface area contributed by atoms with Gasteiger partial charge >= 0.3 is 350 Å². The minimum atomic E-state index is -3.84. The Kier molecular flexibility index (Phi) is 12.0. The van der Waals surface area contributed by atoms with Crippen molar-refractivity contribution < 1.29 is 3.86 Å². The van der Waals surface area contributed by atoms with E-state index in [0.717, 1.165) is 0 Å². The Morgan fingerprint density at radius 2 is 0.982 bits per heavy atom. The van der Waals surface area contributed by atoms with Crippen LogP contribution >= 0.6 is 0 Å². The molecule has 5 rings (SSSR count). The van der Waals surface area contributed by atoms with Crippen molar-refractivity contribution in [3.63, 3.8) is 0 Å². The average Bonchev–Trinajstić information content (AvgIpc) is 3.32. The molecule has 0 aliphatic carbocycles. The summed E-state index contributed by atoms with van der Waals surface area (Å²) in [6, 6.07) is 19.7. The van der Waals surface area contributed by atoms with Crippen molar-refractivity contribution in [1.29, 1.82) is 0 Å². The van der Waals surface area contributed by atoms with E-state index in [0.29, 0.717) is 15.5 Å². The maximum atomic E-state index is 7.63. The van der Waals surface area contributed by atoms with Gasteiger partial charge in [-0.2, -0.15) is 0 Å². The molecule has 0 saturated heterocycles. The summed E-state index contributed by atoms with van der Waals surface area (Å²) in [5, 5.41) is 7.32. The molecule has 2 nitrogen and oxygen atoms in total. The van der Waals surface area contributed by atoms with Crippen molar-refractivity contribution in [1.82, 2.24) is 0 Å². The summed E-state index contributed by atoms with van der Waals surface area (Å²) in [5.41, 5.74) is 14.3. The molecule has 0 radical (unpaired) electrons. The molecule has 0 amide bonds. The Balaban J connectivity index is 2.09. The van der Waals surface area contributed by atoms with Crippen LogP contribution in [0.25, 0.3) is 6.08 Å². The zero-order valence-electron chi connectivity index (χ0n) is 38.9. The summed E-state index contributed by atoms with van der Waals surface area (Å²) in [4.78, 5) is 2.68. The van der Waals surface area contributed by atoms with Gasteiger partial charge in [-0.1, -0.05) is 0 Å². The molecular weight excluding hydrogens is 824 g/mol. The van der Waals surface area contributed by atoms with Gasteiger partial charge in [0, 0.05) is 0 Å². The number of hydrogen-bond donors (Lipinski definition) is 0. The first-order valence-electron chi connectivity index (χ1n) is 21.1. The van der Waals surface area contributed by atoms with Crippen LogP contribution in [0.5, 0.6) is 0 Å². The van der Waals surface area contributed by atoms with Crippen LogP contribution in [0.2, 0.25) is 118 Å². The van der Waals surface area contributed by atoms with E-state index in [-0.39, 0.29) is 4.75 Å². The topological polar surface area (TPSA) is 21.6 Å². The van der Waals surface area contributed by atoms with E-state index >= 15 is 0 Å². The molecule has 3 aromatic rings. The Bertz CT molecular complexity index is 1890. The SMILES string of the molecule is Cc1cc(C)c(C2=N[O][Ge]3([c]4c(C([Si](C)(C)C)[Si](C)(C)C)cc(C([Si](C)(C)C)[Si](C)(C)C)cc4C([Si](C)(C)C)[Si](C)(C)C)[CH]=Cc4ccccc4[CH]23)c(C)c1. The van der Waals surface area contributed by atoms with Crippen LogP contribution in [0.15, 0.2) is 58.6 Å². The molecule has 0 saturated carbocycles. The van der Waals surface area contributed by atoms with E-state index in [1.807, 2.05) is 0 Å². The predicted molar refractivity (Wildman–Crippen MR) is 267 cm³/mol. The Morgan fingerprint density at radius 1 is 0.564 bits per heavy atom. The van der Waals surface area contributed by atoms with E-state index in [9.17, 15) is 0 Å². The fraction of sp³-hybridized carbons (Fsp3) is 0.543. The summed E-state index contributed by atoms with van der Waals surface area (Å²) >= 11 is -3.84. The van der Waals surface area contributed by atoms with Crippen LogP contribution in [0, 0.1) is 20.8 Å². The zero-order chi connectivity index (χ0) is 41.6. The maximum absolute atomic E-state index is 7.63. The van der Waals surface area contributed by atoms with E-state index in [4.69, 9.17) is 9.02 Å². The first kappa shape index (κ1) is 44.8. The molecule has 55 heavy (non-hydrogen) atoms. The van der Waals surface area contributed by atoms with Crippen LogP contribution in [0.4, 0.5) is 0 Å². The molecule has 9 heteroatoms. The monoisotopic (exact) mass is 901 g/mol. The van der Waals surface area contributed by atoms with Gasteiger partial charge < -0.3 is 0 Å². The molecule has 3 aromatic carbocycles. The minimum absolute atomic E-state index is 0.141. The molecule has 0 aromatic heterocycles. The second-order valence-corrected chi connectivity index (χ2v) is 64.4. The van der Waals surface area contributed by atoms with Crippen molar-refractivity contribution in [2.75, 3.05) is 0 Å². The number of aryl methyl sites for hydroxylation is 3. The molecule has 300 valence electrons. The molecule has 2 aliphatic heterocycles. The second-order valence-electron chi connectivity index (χ2n) is 24.1. The summed E-state index contributed by atoms with van der Waals surface area (Å²) in [6.45, 7) is 54.9. The molecule has 2 atom stereocenters. The van der Waals surface area contributed by atoms with Crippen molar-refractivity contribution in [3.8, 4) is 0 Å². The fourth-order valence-electron chi connectivity index (χ4n) is 12.7. The van der Waals surface area contributed by atoms with Gasteiger partial charge in [-0.25, -0.2) is 0 Å². The number of hydrogen-bond acceptors (Lipinski definition) is 2. The van der Waals surface area contributed by atoms with Crippen LogP contribution < -0.4 is 4.40 Å². The van der Waals surface area contributed by atoms with E-state index < -0.39 is 62.0 Å². The van der Waals surface area contributed by atoms with Gasteiger partial charge in [-0.3, -0.25) is 0 Å². The standard InChI is InChI=1S/C46H77GeNOSi6/c1-32-28-33(2)40(34(3)29-32)43-42-37-25-23-22-24-35(37)26-27-47(42,49-48-43)41-38(45(52(10,11)12)53(13,14)15)30-36(44(50(4,5)6)51(7,8)9)31-39(41)46(54(16,17)18)55(19,20)21/h22-31,42,44-46H,1-21H3. The first-order chi connectivity index (χ1) is 24.8. The first-order valence-corrected chi connectivity index (χ1v) is 46.9. The van der Waals surface area contributed by atoms with Crippen LogP contribution in [0.1, 0.15) is 70.3 Å². The van der Waals surface area contributed by atoms with Crippen LogP contribution in [-0.2, 0) is 3.86 Å². The number of oxime groups is 1. The molecule has 0 spiro atoms. The fourth-order valence-corrected chi connectivity index (χ4v) is 60.9. The summed E-state index contributed by atoms with van der Waals surface area (Å²) < 4.78 is 9.46. The van der Waals surface area contributed by atoms with E-state index in [2.05, 4.69) is 198 Å². The summed E-state index contributed by atoms with van der Waals surface area (Å²) in [6.07, 6.45) is 2.48. The Labute approximate surface area is 347 Å². The van der Waals surface area contributed by atoms with Gasteiger partial charge in [-0.05, 0) is 0 Å². The quantitative estimate of drug-likeness (QED) is 0.176. The van der Waals surface area contributed by atoms with Gasteiger partial charge in [0.2, 0.25) is 0 Å². The van der Waals surface area contributed by atoms with Gasteiger partial charge in [0.15, 0.2) is 0 Å². The molecule has 2 aliphatic rings. The molecule has 0 bridgehead atoms. The van der Waals surface area contributed by atoms with E-state index in [1.165, 1.54) is 39.1 Å². The predicted octanol–water partition coefficient (Wildman–Crippen LogP) is 13.6. The summed E-state index contributed by atoms with van der Waals surface area (Å²) in [5.74, 6) is 0. The van der Waals surface area contributed by atoms with Gasteiger partial charge in [-0.15, -0.1) is 0 Å². The average molecular weight is 901 g/mol. The number of nitrogens with zero attached hydrogens (tertiary/aromatic N) is 1. The number of fused-ring (bicyclic) bond motifs is 3. The molecule has 2 heterocycles. The zero-order valence-corrected chi connectivity index (χ0v) is 47.0. The van der Waals surface area contributed by atoms with Gasteiger partial charge in [0.1, 0.15) is 0 Å². The van der Waals surface area contributed by atoms with Crippen molar-refractivity contribution >= 4 is 78.2 Å². The second kappa shape index (κ2) is 14.8. The third-order valence-electron chi connectivity index (χ3n) is 12.5. The van der Waals surface area contributed by atoms with Gasteiger partial charge in [0.05, 0.1) is 0 Å². The molecule has 2 unspecified atom stereocenters. The molecule has 0 fully saturated rings. The van der Waals surface area contributed by atoms with Crippen molar-refractivity contribution in [3.05, 3.63) is 104 Å². The van der Waals surface area contributed by atoms with E-state index in [1.54, 1.807) is 21.1 Å². The van der Waals surface area contributed by atoms with Crippen molar-refractivity contribution in [2.24, 2.45) is 5.16 Å².